The first-order valence-corrected chi connectivity index (χ1v) is 6.55. The second-order valence-corrected chi connectivity index (χ2v) is 5.60. The third kappa shape index (κ3) is 1.82. The molecule has 0 spiro atoms. The molecule has 0 aromatic carbocycles. The minimum Gasteiger partial charge on any atom is -0.315 e. The molecule has 2 aliphatic rings. The van der Waals surface area contributed by atoms with Gasteiger partial charge in [-0.15, -0.1) is 11.3 Å². The van der Waals surface area contributed by atoms with E-state index in [2.05, 4.69) is 22.6 Å². The van der Waals surface area contributed by atoms with Crippen LogP contribution in [0.4, 0.5) is 0 Å². The summed E-state index contributed by atoms with van der Waals surface area (Å²) in [7, 11) is 2.20. The van der Waals surface area contributed by atoms with Crippen molar-refractivity contribution in [3.8, 4) is 0 Å². The molecule has 1 aromatic heterocycles. The number of likely N-dealkylation sites (tertiary alicyclic amines) is 1. The van der Waals surface area contributed by atoms with Gasteiger partial charge in [0.2, 0.25) is 0 Å². The standard InChI is InChI=1S/C11H17N3S/c1-14-3-2-8(6-14)10-7-15-11(13-10)9-4-12-5-9/h7-9,12H,2-6H2,1H3. The summed E-state index contributed by atoms with van der Waals surface area (Å²) in [5.74, 6) is 1.39. The SMILES string of the molecule is CN1CCC(c2csc(C3CNC3)n2)C1. The molecule has 1 N–H and O–H groups in total. The second kappa shape index (κ2) is 3.85. The van der Waals surface area contributed by atoms with Gasteiger partial charge in [-0.2, -0.15) is 0 Å². The van der Waals surface area contributed by atoms with Gasteiger partial charge in [0.05, 0.1) is 10.7 Å². The molecule has 15 heavy (non-hydrogen) atoms. The fraction of sp³-hybridized carbons (Fsp3) is 0.727. The molecule has 0 saturated carbocycles. The molecule has 1 atom stereocenters. The van der Waals surface area contributed by atoms with E-state index >= 15 is 0 Å². The third-order valence-corrected chi connectivity index (χ3v) is 4.51. The maximum absolute atomic E-state index is 4.80. The van der Waals surface area contributed by atoms with Crippen LogP contribution in [-0.2, 0) is 0 Å². The van der Waals surface area contributed by atoms with Crippen LogP contribution in [0.15, 0.2) is 5.38 Å². The van der Waals surface area contributed by atoms with Crippen LogP contribution in [0.1, 0.15) is 29.0 Å². The highest BCUT2D eigenvalue weighted by Gasteiger charge is 2.26. The smallest absolute Gasteiger partial charge is 0.0984 e. The lowest BCUT2D eigenvalue weighted by atomic mass is 10.0. The number of hydrogen-bond donors (Lipinski definition) is 1. The highest BCUT2D eigenvalue weighted by atomic mass is 32.1. The monoisotopic (exact) mass is 223 g/mol. The summed E-state index contributed by atoms with van der Waals surface area (Å²) in [5, 5.41) is 6.92. The number of likely N-dealkylation sites (N-methyl/N-ethyl adjacent to an activating group) is 1. The van der Waals surface area contributed by atoms with Crippen molar-refractivity contribution in [3.05, 3.63) is 16.1 Å². The van der Waals surface area contributed by atoms with E-state index in [4.69, 9.17) is 4.98 Å². The van der Waals surface area contributed by atoms with Crippen LogP contribution in [0.5, 0.6) is 0 Å². The van der Waals surface area contributed by atoms with Gasteiger partial charge in [-0.05, 0) is 20.0 Å². The Morgan fingerprint density at radius 1 is 1.47 bits per heavy atom. The Labute approximate surface area is 94.5 Å². The number of nitrogens with zero attached hydrogens (tertiary/aromatic N) is 2. The minimum absolute atomic E-state index is 0.688. The number of hydrogen-bond acceptors (Lipinski definition) is 4. The molecule has 0 radical (unpaired) electrons. The van der Waals surface area contributed by atoms with Gasteiger partial charge in [-0.1, -0.05) is 0 Å². The zero-order chi connectivity index (χ0) is 10.3. The first-order chi connectivity index (χ1) is 7.33. The molecule has 1 aromatic rings. The van der Waals surface area contributed by atoms with E-state index in [9.17, 15) is 0 Å². The average Bonchev–Trinajstić information content (AvgIpc) is 2.70. The van der Waals surface area contributed by atoms with Gasteiger partial charge in [0, 0.05) is 36.9 Å². The van der Waals surface area contributed by atoms with Crippen molar-refractivity contribution in [1.82, 2.24) is 15.2 Å². The zero-order valence-corrected chi connectivity index (χ0v) is 9.89. The molecule has 3 nitrogen and oxygen atoms in total. The molecule has 2 aliphatic heterocycles. The summed E-state index contributed by atoms with van der Waals surface area (Å²) in [6.45, 7) is 4.66. The maximum atomic E-state index is 4.80. The van der Waals surface area contributed by atoms with E-state index in [-0.39, 0.29) is 0 Å². The molecule has 0 amide bonds. The molecule has 2 fully saturated rings. The fourth-order valence-corrected chi connectivity index (χ4v) is 3.32. The van der Waals surface area contributed by atoms with Gasteiger partial charge in [-0.3, -0.25) is 0 Å². The number of aromatic nitrogens is 1. The quantitative estimate of drug-likeness (QED) is 0.818. The highest BCUT2D eigenvalue weighted by molar-refractivity contribution is 7.09. The molecule has 2 saturated heterocycles. The van der Waals surface area contributed by atoms with E-state index in [1.165, 1.54) is 30.2 Å². The molecule has 4 heteroatoms. The van der Waals surface area contributed by atoms with E-state index in [1.54, 1.807) is 0 Å². The van der Waals surface area contributed by atoms with Crippen LogP contribution >= 0.6 is 11.3 Å². The van der Waals surface area contributed by atoms with Crippen molar-refractivity contribution in [3.63, 3.8) is 0 Å². The Hall–Kier alpha value is -0.450. The lowest BCUT2D eigenvalue weighted by Gasteiger charge is -2.24. The Morgan fingerprint density at radius 2 is 2.33 bits per heavy atom. The summed E-state index contributed by atoms with van der Waals surface area (Å²) in [5.41, 5.74) is 1.34. The van der Waals surface area contributed by atoms with Crippen molar-refractivity contribution >= 4 is 11.3 Å². The van der Waals surface area contributed by atoms with Crippen LogP contribution in [0.25, 0.3) is 0 Å². The van der Waals surface area contributed by atoms with Crippen LogP contribution in [0, 0.1) is 0 Å². The molecular weight excluding hydrogens is 206 g/mol. The van der Waals surface area contributed by atoms with Crippen molar-refractivity contribution in [2.24, 2.45) is 0 Å². The third-order valence-electron chi connectivity index (χ3n) is 3.48. The summed E-state index contributed by atoms with van der Waals surface area (Å²) < 4.78 is 0. The lowest BCUT2D eigenvalue weighted by molar-refractivity contribution is 0.410. The van der Waals surface area contributed by atoms with Crippen LogP contribution in [0.2, 0.25) is 0 Å². The second-order valence-electron chi connectivity index (χ2n) is 4.71. The maximum Gasteiger partial charge on any atom is 0.0984 e. The topological polar surface area (TPSA) is 28.2 Å². The van der Waals surface area contributed by atoms with Gasteiger partial charge >= 0.3 is 0 Å². The predicted octanol–water partition coefficient (Wildman–Crippen LogP) is 1.25. The van der Waals surface area contributed by atoms with Gasteiger partial charge in [0.1, 0.15) is 0 Å². The van der Waals surface area contributed by atoms with Gasteiger partial charge < -0.3 is 10.2 Å². The van der Waals surface area contributed by atoms with E-state index in [0.717, 1.165) is 13.1 Å². The number of rotatable bonds is 2. The minimum atomic E-state index is 0.688. The van der Waals surface area contributed by atoms with Crippen molar-refractivity contribution in [2.45, 2.75) is 18.3 Å². The van der Waals surface area contributed by atoms with E-state index in [1.807, 2.05) is 11.3 Å². The molecule has 82 valence electrons. The molecule has 0 bridgehead atoms. The Bertz CT molecular complexity index is 345. The largest absolute Gasteiger partial charge is 0.315 e. The van der Waals surface area contributed by atoms with Crippen LogP contribution in [-0.4, -0.2) is 43.1 Å². The molecular formula is C11H17N3S. The molecule has 1 unspecified atom stereocenters. The zero-order valence-electron chi connectivity index (χ0n) is 9.07. The number of thiazole rings is 1. The Kier molecular flexibility index (Phi) is 2.50. The van der Waals surface area contributed by atoms with Crippen molar-refractivity contribution < 1.29 is 0 Å². The molecule has 3 heterocycles. The summed E-state index contributed by atoms with van der Waals surface area (Å²) in [4.78, 5) is 7.20. The molecule has 0 aliphatic carbocycles. The first-order valence-electron chi connectivity index (χ1n) is 5.67. The Balaban J connectivity index is 1.72. The van der Waals surface area contributed by atoms with Crippen molar-refractivity contribution in [2.75, 3.05) is 33.2 Å². The summed E-state index contributed by atoms with van der Waals surface area (Å²) >= 11 is 1.85. The van der Waals surface area contributed by atoms with Gasteiger partial charge in [-0.25, -0.2) is 4.98 Å². The lowest BCUT2D eigenvalue weighted by Crippen LogP contribution is -2.39. The fourth-order valence-electron chi connectivity index (χ4n) is 2.32. The van der Waals surface area contributed by atoms with Crippen LogP contribution < -0.4 is 5.32 Å². The number of nitrogens with one attached hydrogen (secondary N) is 1. The van der Waals surface area contributed by atoms with Gasteiger partial charge in [0.25, 0.3) is 0 Å². The summed E-state index contributed by atoms with van der Waals surface area (Å²) in [6, 6.07) is 0. The molecule has 3 rings (SSSR count). The highest BCUT2D eigenvalue weighted by Crippen LogP contribution is 2.30. The Morgan fingerprint density at radius 3 is 2.93 bits per heavy atom. The average molecular weight is 223 g/mol. The first kappa shape index (κ1) is 9.75. The van der Waals surface area contributed by atoms with E-state index in [0.29, 0.717) is 11.8 Å². The summed E-state index contributed by atoms with van der Waals surface area (Å²) in [6.07, 6.45) is 1.28. The normalized spacial score (nSPS) is 28.2. The van der Waals surface area contributed by atoms with Crippen molar-refractivity contribution in [1.29, 1.82) is 0 Å². The van der Waals surface area contributed by atoms with Crippen LogP contribution in [0.3, 0.4) is 0 Å². The van der Waals surface area contributed by atoms with E-state index < -0.39 is 0 Å². The predicted molar refractivity (Wildman–Crippen MR) is 62.6 cm³/mol. The van der Waals surface area contributed by atoms with Gasteiger partial charge in [0.15, 0.2) is 0 Å².